The molecule has 0 bridgehead atoms. The number of nitrogens with one attached hydrogen (secondary N) is 1. The van der Waals surface area contributed by atoms with Crippen LogP contribution in [0.2, 0.25) is 0 Å². The minimum absolute atomic E-state index is 0.376. The van der Waals surface area contributed by atoms with Gasteiger partial charge in [0.05, 0.1) is 15.8 Å². The average Bonchev–Trinajstić information content (AvgIpc) is 2.79. The zero-order valence-corrected chi connectivity index (χ0v) is 11.8. The SMILES string of the molecule is Cc1ccc2nc(Nc3cccc(C(F)(F)F)c3)sc2c1. The molecule has 0 unspecified atom stereocenters. The summed E-state index contributed by atoms with van der Waals surface area (Å²) in [4.78, 5) is 4.37. The van der Waals surface area contributed by atoms with E-state index in [2.05, 4.69) is 10.3 Å². The summed E-state index contributed by atoms with van der Waals surface area (Å²) in [5.74, 6) is 0. The first-order chi connectivity index (χ1) is 9.91. The zero-order valence-electron chi connectivity index (χ0n) is 11.0. The van der Waals surface area contributed by atoms with Crippen LogP contribution in [-0.4, -0.2) is 4.98 Å². The number of hydrogen-bond acceptors (Lipinski definition) is 3. The molecule has 1 N–H and O–H groups in total. The Hall–Kier alpha value is -2.08. The van der Waals surface area contributed by atoms with E-state index in [0.717, 1.165) is 27.9 Å². The monoisotopic (exact) mass is 308 g/mol. The van der Waals surface area contributed by atoms with Gasteiger partial charge in [-0.1, -0.05) is 23.5 Å². The number of nitrogens with zero attached hydrogens (tertiary/aromatic N) is 1. The van der Waals surface area contributed by atoms with Gasteiger partial charge in [-0.05, 0) is 42.8 Å². The molecular formula is C15H11F3N2S. The van der Waals surface area contributed by atoms with E-state index in [4.69, 9.17) is 0 Å². The maximum absolute atomic E-state index is 12.7. The Bertz CT molecular complexity index is 793. The van der Waals surface area contributed by atoms with Gasteiger partial charge in [-0.15, -0.1) is 0 Å². The fourth-order valence-electron chi connectivity index (χ4n) is 1.98. The van der Waals surface area contributed by atoms with Crippen LogP contribution in [0.3, 0.4) is 0 Å². The molecule has 3 aromatic rings. The summed E-state index contributed by atoms with van der Waals surface area (Å²) in [5, 5.41) is 3.51. The van der Waals surface area contributed by atoms with E-state index in [-0.39, 0.29) is 0 Å². The average molecular weight is 308 g/mol. The topological polar surface area (TPSA) is 24.9 Å². The van der Waals surface area contributed by atoms with E-state index in [1.165, 1.54) is 17.4 Å². The minimum atomic E-state index is -4.34. The van der Waals surface area contributed by atoms with E-state index < -0.39 is 11.7 Å². The van der Waals surface area contributed by atoms with Crippen molar-refractivity contribution < 1.29 is 13.2 Å². The van der Waals surface area contributed by atoms with Gasteiger partial charge in [0.25, 0.3) is 0 Å². The third-order valence-corrected chi connectivity index (χ3v) is 3.92. The second-order valence-corrected chi connectivity index (χ2v) is 5.72. The lowest BCUT2D eigenvalue weighted by Crippen LogP contribution is -2.05. The van der Waals surface area contributed by atoms with E-state index in [0.29, 0.717) is 10.8 Å². The number of anilines is 2. The third-order valence-electron chi connectivity index (χ3n) is 2.99. The highest BCUT2D eigenvalue weighted by Gasteiger charge is 2.30. The lowest BCUT2D eigenvalue weighted by Gasteiger charge is -2.08. The van der Waals surface area contributed by atoms with Crippen LogP contribution in [0.25, 0.3) is 10.2 Å². The van der Waals surface area contributed by atoms with Gasteiger partial charge in [-0.2, -0.15) is 13.2 Å². The number of thiazole rings is 1. The van der Waals surface area contributed by atoms with Crippen LogP contribution in [0.5, 0.6) is 0 Å². The standard InChI is InChI=1S/C15H11F3N2S/c1-9-5-6-12-13(7-9)21-14(20-12)19-11-4-2-3-10(8-11)15(16,17)18/h2-8H,1H3,(H,19,20). The van der Waals surface area contributed by atoms with Crippen LogP contribution in [0.4, 0.5) is 24.0 Å². The molecule has 1 heterocycles. The van der Waals surface area contributed by atoms with Gasteiger partial charge < -0.3 is 5.32 Å². The summed E-state index contributed by atoms with van der Waals surface area (Å²) in [6.07, 6.45) is -4.34. The van der Waals surface area contributed by atoms with Crippen molar-refractivity contribution in [1.82, 2.24) is 4.98 Å². The molecule has 2 aromatic carbocycles. The Balaban J connectivity index is 1.91. The van der Waals surface area contributed by atoms with Crippen molar-refractivity contribution in [1.29, 1.82) is 0 Å². The van der Waals surface area contributed by atoms with Gasteiger partial charge in [0.1, 0.15) is 0 Å². The van der Waals surface area contributed by atoms with Gasteiger partial charge in [0, 0.05) is 5.69 Å². The molecule has 0 saturated heterocycles. The maximum atomic E-state index is 12.7. The van der Waals surface area contributed by atoms with Gasteiger partial charge in [-0.3, -0.25) is 0 Å². The van der Waals surface area contributed by atoms with E-state index in [1.807, 2.05) is 25.1 Å². The molecule has 0 amide bonds. The molecule has 0 aliphatic carbocycles. The van der Waals surface area contributed by atoms with Gasteiger partial charge in [0.15, 0.2) is 5.13 Å². The van der Waals surface area contributed by atoms with E-state index in [1.54, 1.807) is 6.07 Å². The number of halogens is 3. The van der Waals surface area contributed by atoms with Crippen LogP contribution >= 0.6 is 11.3 Å². The molecule has 0 aliphatic rings. The van der Waals surface area contributed by atoms with Crippen molar-refractivity contribution in [3.63, 3.8) is 0 Å². The zero-order chi connectivity index (χ0) is 15.0. The van der Waals surface area contributed by atoms with Crippen LogP contribution in [0.15, 0.2) is 42.5 Å². The second-order valence-electron chi connectivity index (χ2n) is 4.69. The Morgan fingerprint density at radius 2 is 1.90 bits per heavy atom. The van der Waals surface area contributed by atoms with Crippen LogP contribution in [0, 0.1) is 6.92 Å². The molecule has 0 spiro atoms. The fraction of sp³-hybridized carbons (Fsp3) is 0.133. The van der Waals surface area contributed by atoms with Crippen LogP contribution in [0.1, 0.15) is 11.1 Å². The molecule has 3 rings (SSSR count). The van der Waals surface area contributed by atoms with Crippen molar-refractivity contribution in [2.75, 3.05) is 5.32 Å². The molecule has 0 aliphatic heterocycles. The lowest BCUT2D eigenvalue weighted by atomic mass is 10.2. The fourth-order valence-corrected chi connectivity index (χ4v) is 2.97. The van der Waals surface area contributed by atoms with Crippen molar-refractivity contribution in [2.24, 2.45) is 0 Å². The van der Waals surface area contributed by atoms with Crippen molar-refractivity contribution in [3.8, 4) is 0 Å². The molecule has 2 nitrogen and oxygen atoms in total. The molecule has 1 aromatic heterocycles. The quantitative estimate of drug-likeness (QED) is 0.688. The number of alkyl halides is 3. The van der Waals surface area contributed by atoms with Gasteiger partial charge in [-0.25, -0.2) is 4.98 Å². The number of benzene rings is 2. The molecule has 6 heteroatoms. The molecule has 0 fully saturated rings. The second kappa shape index (κ2) is 5.04. The Morgan fingerprint density at radius 1 is 1.10 bits per heavy atom. The first kappa shape index (κ1) is 13.9. The Kier molecular flexibility index (Phi) is 3.33. The summed E-state index contributed by atoms with van der Waals surface area (Å²) in [6, 6.07) is 11.0. The summed E-state index contributed by atoms with van der Waals surface area (Å²) in [6.45, 7) is 1.99. The highest BCUT2D eigenvalue weighted by atomic mass is 32.1. The minimum Gasteiger partial charge on any atom is -0.332 e. The molecular weight excluding hydrogens is 297 g/mol. The summed E-state index contributed by atoms with van der Waals surface area (Å²) >= 11 is 1.42. The van der Waals surface area contributed by atoms with E-state index >= 15 is 0 Å². The van der Waals surface area contributed by atoms with E-state index in [9.17, 15) is 13.2 Å². The number of aromatic nitrogens is 1. The largest absolute Gasteiger partial charge is 0.416 e. The van der Waals surface area contributed by atoms with Crippen molar-refractivity contribution in [2.45, 2.75) is 13.1 Å². The molecule has 0 atom stereocenters. The highest BCUT2D eigenvalue weighted by Crippen LogP contribution is 2.33. The van der Waals surface area contributed by atoms with Gasteiger partial charge in [0.2, 0.25) is 0 Å². The normalized spacial score (nSPS) is 11.8. The Morgan fingerprint density at radius 3 is 2.67 bits per heavy atom. The van der Waals surface area contributed by atoms with Crippen LogP contribution < -0.4 is 5.32 Å². The predicted octanol–water partition coefficient (Wildman–Crippen LogP) is 5.37. The van der Waals surface area contributed by atoms with Gasteiger partial charge >= 0.3 is 6.18 Å². The number of aryl methyl sites for hydroxylation is 1. The Labute approximate surface area is 123 Å². The number of fused-ring (bicyclic) bond motifs is 1. The summed E-state index contributed by atoms with van der Waals surface area (Å²) < 4.78 is 39.0. The molecule has 0 radical (unpaired) electrons. The lowest BCUT2D eigenvalue weighted by molar-refractivity contribution is -0.137. The predicted molar refractivity (Wildman–Crippen MR) is 79.1 cm³/mol. The smallest absolute Gasteiger partial charge is 0.332 e. The maximum Gasteiger partial charge on any atom is 0.416 e. The van der Waals surface area contributed by atoms with Crippen molar-refractivity contribution in [3.05, 3.63) is 53.6 Å². The number of hydrogen-bond donors (Lipinski definition) is 1. The summed E-state index contributed by atoms with van der Waals surface area (Å²) in [5.41, 5.74) is 1.65. The third kappa shape index (κ3) is 3.00. The molecule has 108 valence electrons. The van der Waals surface area contributed by atoms with Crippen molar-refractivity contribution >= 4 is 32.4 Å². The van der Waals surface area contributed by atoms with Crippen LogP contribution in [-0.2, 0) is 6.18 Å². The highest BCUT2D eigenvalue weighted by molar-refractivity contribution is 7.22. The first-order valence-electron chi connectivity index (χ1n) is 6.23. The summed E-state index contributed by atoms with van der Waals surface area (Å²) in [7, 11) is 0. The molecule has 21 heavy (non-hydrogen) atoms. The molecule has 0 saturated carbocycles. The first-order valence-corrected chi connectivity index (χ1v) is 7.05. The number of rotatable bonds is 2.